The van der Waals surface area contributed by atoms with E-state index in [1.54, 1.807) is 16.8 Å². The Hall–Kier alpha value is -4.05. The van der Waals surface area contributed by atoms with Gasteiger partial charge < -0.3 is 10.2 Å². The zero-order chi connectivity index (χ0) is 27.7. The van der Waals surface area contributed by atoms with E-state index in [1.807, 2.05) is 13.8 Å². The molecule has 0 unspecified atom stereocenters. The number of allylic oxidation sites excluding steroid dienone is 1. The van der Waals surface area contributed by atoms with Crippen molar-refractivity contribution in [1.29, 1.82) is 0 Å². The van der Waals surface area contributed by atoms with Crippen LogP contribution in [-0.4, -0.2) is 54.1 Å². The van der Waals surface area contributed by atoms with Crippen molar-refractivity contribution in [1.82, 2.24) is 34.0 Å². The Morgan fingerprint density at radius 2 is 1.92 bits per heavy atom. The van der Waals surface area contributed by atoms with Gasteiger partial charge in [-0.15, -0.1) is 11.7 Å². The fraction of sp³-hybridized carbons (Fsp3) is 0.414. The van der Waals surface area contributed by atoms with Gasteiger partial charge in [0.05, 0.1) is 12.6 Å². The van der Waals surface area contributed by atoms with Crippen LogP contribution in [0.3, 0.4) is 0 Å². The summed E-state index contributed by atoms with van der Waals surface area (Å²) in [6, 6.07) is 9.40. The number of piperidine rings is 1. The first-order valence-corrected chi connectivity index (χ1v) is 13.6. The maximum atomic E-state index is 13.3. The number of benzene rings is 1. The summed E-state index contributed by atoms with van der Waals surface area (Å²) < 4.78 is 4.52. The lowest BCUT2D eigenvalue weighted by Crippen LogP contribution is -2.29. The van der Waals surface area contributed by atoms with E-state index < -0.39 is 0 Å². The molecule has 1 N–H and O–H groups in total. The minimum Gasteiger partial charge on any atom is -0.324 e. The normalized spacial score (nSPS) is 14.8. The second-order valence-corrected chi connectivity index (χ2v) is 10.5. The van der Waals surface area contributed by atoms with Crippen LogP contribution in [0.4, 0.5) is 11.6 Å². The smallest absolute Gasteiger partial charge is 0.278 e. The highest BCUT2D eigenvalue weighted by Gasteiger charge is 2.22. The summed E-state index contributed by atoms with van der Waals surface area (Å²) in [7, 11) is 2.18. The summed E-state index contributed by atoms with van der Waals surface area (Å²) >= 11 is 0. The van der Waals surface area contributed by atoms with Crippen LogP contribution in [0, 0.1) is 0 Å². The molecule has 0 atom stereocenters. The zero-order valence-corrected chi connectivity index (χ0v) is 23.1. The van der Waals surface area contributed by atoms with Gasteiger partial charge in [-0.3, -0.25) is 9.59 Å². The number of nitrogens with zero attached hydrogens (tertiary/aromatic N) is 7. The molecule has 1 saturated heterocycles. The third-order valence-electron chi connectivity index (χ3n) is 7.43. The third-order valence-corrected chi connectivity index (χ3v) is 7.43. The lowest BCUT2D eigenvalue weighted by molar-refractivity contribution is 0.255. The minimum atomic E-state index is -0.253. The van der Waals surface area contributed by atoms with Gasteiger partial charge in [0, 0.05) is 18.0 Å². The number of fused-ring (bicyclic) bond motifs is 1. The number of hydrogen-bond acceptors (Lipinski definition) is 7. The first-order valence-electron chi connectivity index (χ1n) is 13.6. The van der Waals surface area contributed by atoms with E-state index in [0.29, 0.717) is 28.7 Å². The topological polar surface area (TPSA) is 103 Å². The summed E-state index contributed by atoms with van der Waals surface area (Å²) in [6.45, 7) is 12.2. The number of hydrogen-bond donors (Lipinski definition) is 1. The molecule has 0 amide bonds. The van der Waals surface area contributed by atoms with Gasteiger partial charge in [0.15, 0.2) is 11.5 Å². The van der Waals surface area contributed by atoms with Crippen LogP contribution in [0.2, 0.25) is 0 Å². The SMILES string of the molecule is C=CCn1c(=O)c2cnc(Nc3ccc(C4CCN(C)CC4)c(CC)c3)nc2n1-c1ccc(=O)n(C(C)C)n1. The fourth-order valence-corrected chi connectivity index (χ4v) is 5.34. The van der Waals surface area contributed by atoms with Crippen molar-refractivity contribution in [3.8, 4) is 5.82 Å². The second-order valence-electron chi connectivity index (χ2n) is 10.5. The maximum absolute atomic E-state index is 13.3. The largest absolute Gasteiger partial charge is 0.324 e. The van der Waals surface area contributed by atoms with Gasteiger partial charge >= 0.3 is 0 Å². The zero-order valence-electron chi connectivity index (χ0n) is 23.1. The first-order chi connectivity index (χ1) is 18.8. The Morgan fingerprint density at radius 3 is 2.62 bits per heavy atom. The number of nitrogens with one attached hydrogen (secondary N) is 1. The van der Waals surface area contributed by atoms with Gasteiger partial charge in [-0.25, -0.2) is 19.0 Å². The first kappa shape index (κ1) is 26.6. The Labute approximate surface area is 227 Å². The van der Waals surface area contributed by atoms with Crippen molar-refractivity contribution >= 4 is 22.7 Å². The monoisotopic (exact) mass is 528 g/mol. The second kappa shape index (κ2) is 11.0. The molecule has 1 aromatic carbocycles. The molecule has 5 rings (SSSR count). The molecule has 0 radical (unpaired) electrons. The summed E-state index contributed by atoms with van der Waals surface area (Å²) in [5.41, 5.74) is 3.58. The van der Waals surface area contributed by atoms with E-state index in [-0.39, 0.29) is 23.7 Å². The molecule has 10 nitrogen and oxygen atoms in total. The average Bonchev–Trinajstić information content (AvgIpc) is 3.20. The minimum absolute atomic E-state index is 0.143. The maximum Gasteiger partial charge on any atom is 0.278 e. The van der Waals surface area contributed by atoms with Crippen LogP contribution in [0.25, 0.3) is 16.9 Å². The lowest BCUT2D eigenvalue weighted by atomic mass is 9.85. The highest BCUT2D eigenvalue weighted by molar-refractivity contribution is 5.77. The Bertz CT molecular complexity index is 1620. The van der Waals surface area contributed by atoms with Crippen LogP contribution >= 0.6 is 0 Å². The van der Waals surface area contributed by atoms with E-state index in [1.165, 1.54) is 45.6 Å². The number of likely N-dealkylation sites (tertiary alicyclic amines) is 1. The Balaban J connectivity index is 1.54. The van der Waals surface area contributed by atoms with Crippen LogP contribution in [0.1, 0.15) is 56.7 Å². The molecule has 10 heteroatoms. The fourth-order valence-electron chi connectivity index (χ4n) is 5.34. The molecule has 204 valence electrons. The average molecular weight is 529 g/mol. The predicted octanol–water partition coefficient (Wildman–Crippen LogP) is 4.02. The molecule has 4 heterocycles. The molecule has 4 aromatic rings. The van der Waals surface area contributed by atoms with Crippen molar-refractivity contribution in [2.75, 3.05) is 25.5 Å². The highest BCUT2D eigenvalue weighted by atomic mass is 16.1. The number of aromatic nitrogens is 6. The van der Waals surface area contributed by atoms with E-state index in [4.69, 9.17) is 4.98 Å². The third kappa shape index (κ3) is 5.16. The van der Waals surface area contributed by atoms with Gasteiger partial charge in [-0.05, 0) is 88.5 Å². The summed E-state index contributed by atoms with van der Waals surface area (Å²) in [6.07, 6.45) is 6.47. The van der Waals surface area contributed by atoms with E-state index in [2.05, 4.69) is 59.0 Å². The summed E-state index contributed by atoms with van der Waals surface area (Å²) in [4.78, 5) is 37.2. The molecular weight excluding hydrogens is 492 g/mol. The van der Waals surface area contributed by atoms with Crippen LogP contribution in [0.15, 0.2) is 58.8 Å². The molecule has 1 aliphatic heterocycles. The molecule has 0 aliphatic carbocycles. The molecule has 0 bridgehead atoms. The molecule has 0 saturated carbocycles. The summed E-state index contributed by atoms with van der Waals surface area (Å²) in [5.74, 6) is 1.37. The number of anilines is 2. The van der Waals surface area contributed by atoms with Crippen LogP contribution in [-0.2, 0) is 13.0 Å². The Kier molecular flexibility index (Phi) is 7.47. The molecule has 39 heavy (non-hydrogen) atoms. The number of aryl methyl sites for hydroxylation is 1. The lowest BCUT2D eigenvalue weighted by Gasteiger charge is -2.30. The van der Waals surface area contributed by atoms with Crippen molar-refractivity contribution in [2.45, 2.75) is 58.5 Å². The summed E-state index contributed by atoms with van der Waals surface area (Å²) in [5, 5.41) is 8.23. The van der Waals surface area contributed by atoms with Crippen molar-refractivity contribution in [3.05, 3.63) is 81.0 Å². The van der Waals surface area contributed by atoms with E-state index in [9.17, 15) is 9.59 Å². The van der Waals surface area contributed by atoms with Crippen molar-refractivity contribution in [3.63, 3.8) is 0 Å². The van der Waals surface area contributed by atoms with E-state index in [0.717, 1.165) is 25.2 Å². The molecule has 1 aliphatic rings. The van der Waals surface area contributed by atoms with Gasteiger partial charge in [0.2, 0.25) is 5.95 Å². The van der Waals surface area contributed by atoms with Crippen molar-refractivity contribution in [2.24, 2.45) is 0 Å². The molecule has 0 spiro atoms. The van der Waals surface area contributed by atoms with Crippen LogP contribution < -0.4 is 16.4 Å². The Morgan fingerprint density at radius 1 is 1.15 bits per heavy atom. The van der Waals surface area contributed by atoms with Crippen LogP contribution in [0.5, 0.6) is 0 Å². The van der Waals surface area contributed by atoms with Gasteiger partial charge in [0.1, 0.15) is 5.39 Å². The van der Waals surface area contributed by atoms with E-state index >= 15 is 0 Å². The predicted molar refractivity (Wildman–Crippen MR) is 154 cm³/mol. The standard InChI is InChI=1S/C29H36N8O2/c1-6-14-35-28(39)24-18-30-29(32-27(24)37(35)25-10-11-26(38)36(33-25)19(3)4)31-22-8-9-23(20(7-2)17-22)21-12-15-34(5)16-13-21/h6,8-11,17-19,21H,1,7,12-16H2,2-5H3,(H,30,31,32). The molecular formula is C29H36N8O2. The van der Waals surface area contributed by atoms with Crippen molar-refractivity contribution < 1.29 is 0 Å². The van der Waals surface area contributed by atoms with Gasteiger partial charge in [0.25, 0.3) is 11.1 Å². The van der Waals surface area contributed by atoms with Gasteiger partial charge in [-0.2, -0.15) is 4.98 Å². The molecule has 1 fully saturated rings. The quantitative estimate of drug-likeness (QED) is 0.345. The van der Waals surface area contributed by atoms with Gasteiger partial charge in [-0.1, -0.05) is 19.1 Å². The number of rotatable bonds is 8. The molecule has 3 aromatic heterocycles. The highest BCUT2D eigenvalue weighted by Crippen LogP contribution is 2.32.